The standard InChI is InChI=1S/C13H19NO/c1-11-6-5-9-14(11)10-13(15)12-7-3-2-4-8-12/h2-4,7-8,11,13,15H,5-6,9-10H2,1H3. The molecule has 0 radical (unpaired) electrons. The number of nitrogens with zero attached hydrogens (tertiary/aromatic N) is 1. The largest absolute Gasteiger partial charge is 0.387 e. The Balaban J connectivity index is 1.95. The SMILES string of the molecule is CC1CCCN1CC(O)c1ccccc1. The molecule has 2 heteroatoms. The Kier molecular flexibility index (Phi) is 3.39. The third-order valence-electron chi connectivity index (χ3n) is 3.28. The Morgan fingerprint density at radius 1 is 1.40 bits per heavy atom. The number of aliphatic hydroxyl groups excluding tert-OH is 1. The number of aliphatic hydroxyl groups is 1. The molecule has 2 unspecified atom stereocenters. The first kappa shape index (κ1) is 10.7. The molecule has 1 aliphatic heterocycles. The van der Waals surface area contributed by atoms with Crippen molar-refractivity contribution in [3.63, 3.8) is 0 Å². The Labute approximate surface area is 91.5 Å². The van der Waals surface area contributed by atoms with Crippen molar-refractivity contribution in [1.82, 2.24) is 4.90 Å². The predicted molar refractivity (Wildman–Crippen MR) is 61.7 cm³/mol. The summed E-state index contributed by atoms with van der Waals surface area (Å²) in [6, 6.07) is 10.5. The molecule has 1 aliphatic rings. The number of benzene rings is 1. The van der Waals surface area contributed by atoms with Gasteiger partial charge in [-0.3, -0.25) is 4.90 Å². The molecule has 2 atom stereocenters. The zero-order valence-electron chi connectivity index (χ0n) is 9.26. The molecular formula is C13H19NO. The highest BCUT2D eigenvalue weighted by Crippen LogP contribution is 2.21. The summed E-state index contributed by atoms with van der Waals surface area (Å²) in [5.74, 6) is 0. The highest BCUT2D eigenvalue weighted by molar-refractivity contribution is 5.17. The number of rotatable bonds is 3. The minimum Gasteiger partial charge on any atom is -0.387 e. The monoisotopic (exact) mass is 205 g/mol. The van der Waals surface area contributed by atoms with Crippen molar-refractivity contribution in [3.05, 3.63) is 35.9 Å². The van der Waals surface area contributed by atoms with Gasteiger partial charge in [-0.05, 0) is 31.9 Å². The average Bonchev–Trinajstić information content (AvgIpc) is 2.66. The smallest absolute Gasteiger partial charge is 0.0917 e. The molecule has 1 aromatic carbocycles. The van der Waals surface area contributed by atoms with Crippen LogP contribution in [0.3, 0.4) is 0 Å². The maximum absolute atomic E-state index is 10.1. The molecule has 0 amide bonds. The molecule has 1 saturated heterocycles. The molecule has 0 bridgehead atoms. The lowest BCUT2D eigenvalue weighted by atomic mass is 10.1. The second-order valence-electron chi connectivity index (χ2n) is 4.41. The maximum Gasteiger partial charge on any atom is 0.0917 e. The first-order chi connectivity index (χ1) is 7.27. The minimum atomic E-state index is -0.341. The van der Waals surface area contributed by atoms with E-state index in [1.54, 1.807) is 0 Å². The lowest BCUT2D eigenvalue weighted by Gasteiger charge is -2.24. The van der Waals surface area contributed by atoms with E-state index in [1.807, 2.05) is 30.3 Å². The molecule has 1 N–H and O–H groups in total. The summed E-state index contributed by atoms with van der Waals surface area (Å²) >= 11 is 0. The highest BCUT2D eigenvalue weighted by Gasteiger charge is 2.22. The van der Waals surface area contributed by atoms with Crippen molar-refractivity contribution >= 4 is 0 Å². The first-order valence-electron chi connectivity index (χ1n) is 5.74. The Morgan fingerprint density at radius 2 is 2.13 bits per heavy atom. The third kappa shape index (κ3) is 2.58. The van der Waals surface area contributed by atoms with Crippen LogP contribution in [-0.4, -0.2) is 29.1 Å². The van der Waals surface area contributed by atoms with Crippen LogP contribution in [0.2, 0.25) is 0 Å². The number of hydrogen-bond donors (Lipinski definition) is 1. The van der Waals surface area contributed by atoms with Crippen LogP contribution in [0.1, 0.15) is 31.4 Å². The molecule has 15 heavy (non-hydrogen) atoms. The molecular weight excluding hydrogens is 186 g/mol. The molecule has 0 spiro atoms. The van der Waals surface area contributed by atoms with Gasteiger partial charge in [0.25, 0.3) is 0 Å². The van der Waals surface area contributed by atoms with Crippen molar-refractivity contribution < 1.29 is 5.11 Å². The van der Waals surface area contributed by atoms with E-state index in [9.17, 15) is 5.11 Å². The van der Waals surface area contributed by atoms with Crippen molar-refractivity contribution in [1.29, 1.82) is 0 Å². The van der Waals surface area contributed by atoms with Gasteiger partial charge in [-0.15, -0.1) is 0 Å². The van der Waals surface area contributed by atoms with E-state index in [0.717, 1.165) is 18.7 Å². The molecule has 0 saturated carbocycles. The van der Waals surface area contributed by atoms with Crippen LogP contribution in [0.5, 0.6) is 0 Å². The maximum atomic E-state index is 10.1. The molecule has 2 rings (SSSR count). The van der Waals surface area contributed by atoms with Crippen LogP contribution in [-0.2, 0) is 0 Å². The third-order valence-corrected chi connectivity index (χ3v) is 3.28. The molecule has 1 fully saturated rings. The molecule has 0 aromatic heterocycles. The Hall–Kier alpha value is -0.860. The Bertz CT molecular complexity index is 299. The minimum absolute atomic E-state index is 0.341. The van der Waals surface area contributed by atoms with Crippen LogP contribution in [0, 0.1) is 0 Å². The van der Waals surface area contributed by atoms with Gasteiger partial charge < -0.3 is 5.11 Å². The molecule has 82 valence electrons. The lowest BCUT2D eigenvalue weighted by molar-refractivity contribution is 0.110. The van der Waals surface area contributed by atoms with E-state index in [-0.39, 0.29) is 6.10 Å². The summed E-state index contributed by atoms with van der Waals surface area (Å²) in [5, 5.41) is 10.1. The fraction of sp³-hybridized carbons (Fsp3) is 0.538. The van der Waals surface area contributed by atoms with E-state index in [4.69, 9.17) is 0 Å². The van der Waals surface area contributed by atoms with Gasteiger partial charge in [-0.2, -0.15) is 0 Å². The average molecular weight is 205 g/mol. The molecule has 0 aliphatic carbocycles. The van der Waals surface area contributed by atoms with Gasteiger partial charge in [-0.1, -0.05) is 30.3 Å². The Morgan fingerprint density at radius 3 is 2.73 bits per heavy atom. The second-order valence-corrected chi connectivity index (χ2v) is 4.41. The van der Waals surface area contributed by atoms with Crippen molar-refractivity contribution in [2.24, 2.45) is 0 Å². The van der Waals surface area contributed by atoms with Gasteiger partial charge in [-0.25, -0.2) is 0 Å². The zero-order valence-corrected chi connectivity index (χ0v) is 9.26. The van der Waals surface area contributed by atoms with Gasteiger partial charge in [0, 0.05) is 12.6 Å². The normalized spacial score (nSPS) is 24.3. The topological polar surface area (TPSA) is 23.5 Å². The summed E-state index contributed by atoms with van der Waals surface area (Å²) in [7, 11) is 0. The van der Waals surface area contributed by atoms with E-state index in [1.165, 1.54) is 12.8 Å². The van der Waals surface area contributed by atoms with Crippen LogP contribution < -0.4 is 0 Å². The highest BCUT2D eigenvalue weighted by atomic mass is 16.3. The summed E-state index contributed by atoms with van der Waals surface area (Å²) in [6.45, 7) is 4.14. The summed E-state index contributed by atoms with van der Waals surface area (Å²) < 4.78 is 0. The predicted octanol–water partition coefficient (Wildman–Crippen LogP) is 2.20. The van der Waals surface area contributed by atoms with E-state index in [2.05, 4.69) is 11.8 Å². The quantitative estimate of drug-likeness (QED) is 0.817. The summed E-state index contributed by atoms with van der Waals surface area (Å²) in [6.07, 6.45) is 2.19. The number of hydrogen-bond acceptors (Lipinski definition) is 2. The van der Waals surface area contributed by atoms with Crippen molar-refractivity contribution in [3.8, 4) is 0 Å². The van der Waals surface area contributed by atoms with Gasteiger partial charge in [0.2, 0.25) is 0 Å². The first-order valence-corrected chi connectivity index (χ1v) is 5.74. The van der Waals surface area contributed by atoms with Crippen LogP contribution >= 0.6 is 0 Å². The lowest BCUT2D eigenvalue weighted by Crippen LogP contribution is -2.31. The zero-order chi connectivity index (χ0) is 10.7. The van der Waals surface area contributed by atoms with Gasteiger partial charge in [0.05, 0.1) is 6.10 Å². The van der Waals surface area contributed by atoms with Gasteiger partial charge in [0.1, 0.15) is 0 Å². The fourth-order valence-corrected chi connectivity index (χ4v) is 2.27. The summed E-state index contributed by atoms with van der Waals surface area (Å²) in [4.78, 5) is 2.37. The molecule has 2 nitrogen and oxygen atoms in total. The fourth-order valence-electron chi connectivity index (χ4n) is 2.27. The number of likely N-dealkylation sites (tertiary alicyclic amines) is 1. The van der Waals surface area contributed by atoms with E-state index >= 15 is 0 Å². The van der Waals surface area contributed by atoms with Crippen LogP contribution in [0.4, 0.5) is 0 Å². The van der Waals surface area contributed by atoms with Crippen molar-refractivity contribution in [2.45, 2.75) is 31.9 Å². The molecule has 1 aromatic rings. The number of β-amino-alcohol motifs (C(OH)–C–C–N with tert-alkyl or cyclic N) is 1. The van der Waals surface area contributed by atoms with E-state index in [0.29, 0.717) is 6.04 Å². The van der Waals surface area contributed by atoms with Crippen LogP contribution in [0.15, 0.2) is 30.3 Å². The van der Waals surface area contributed by atoms with Crippen LogP contribution in [0.25, 0.3) is 0 Å². The summed E-state index contributed by atoms with van der Waals surface area (Å²) in [5.41, 5.74) is 1.02. The molecule has 1 heterocycles. The van der Waals surface area contributed by atoms with Gasteiger partial charge >= 0.3 is 0 Å². The van der Waals surface area contributed by atoms with Crippen molar-refractivity contribution in [2.75, 3.05) is 13.1 Å². The van der Waals surface area contributed by atoms with Gasteiger partial charge in [0.15, 0.2) is 0 Å². The van der Waals surface area contributed by atoms with E-state index < -0.39 is 0 Å². The second kappa shape index (κ2) is 4.77.